The fourth-order valence-electron chi connectivity index (χ4n) is 3.46. The third-order valence-electron chi connectivity index (χ3n) is 4.86. The van der Waals surface area contributed by atoms with Crippen molar-refractivity contribution in [3.8, 4) is 0 Å². The Morgan fingerprint density at radius 2 is 1.77 bits per heavy atom. The zero-order valence-electron chi connectivity index (χ0n) is 14.6. The van der Waals surface area contributed by atoms with Gasteiger partial charge in [0.25, 0.3) is 5.91 Å². The summed E-state index contributed by atoms with van der Waals surface area (Å²) in [5, 5.41) is 4.13. The van der Waals surface area contributed by atoms with E-state index in [4.69, 9.17) is 0 Å². The van der Waals surface area contributed by atoms with Crippen LogP contribution in [0.3, 0.4) is 0 Å². The first-order valence-corrected chi connectivity index (χ1v) is 10.8. The van der Waals surface area contributed by atoms with Gasteiger partial charge in [-0.25, -0.2) is 0 Å². The number of likely N-dealkylation sites (tertiary alicyclic amines) is 1. The summed E-state index contributed by atoms with van der Waals surface area (Å²) in [6, 6.07) is 10.3. The van der Waals surface area contributed by atoms with Gasteiger partial charge in [0, 0.05) is 40.8 Å². The summed E-state index contributed by atoms with van der Waals surface area (Å²) in [4.78, 5) is 27.4. The van der Waals surface area contributed by atoms with Crippen LogP contribution in [0.5, 0.6) is 0 Å². The second-order valence-electron chi connectivity index (χ2n) is 6.70. The summed E-state index contributed by atoms with van der Waals surface area (Å²) in [5.74, 6) is 0.0801. The first-order chi connectivity index (χ1) is 12.7. The van der Waals surface area contributed by atoms with Gasteiger partial charge < -0.3 is 10.2 Å². The topological polar surface area (TPSA) is 49.4 Å². The van der Waals surface area contributed by atoms with Gasteiger partial charge in [0.1, 0.15) is 0 Å². The Morgan fingerprint density at radius 1 is 1.00 bits per heavy atom. The minimum Gasteiger partial charge on any atom is -0.351 e. The van der Waals surface area contributed by atoms with Crippen LogP contribution in [0, 0.1) is 0 Å². The molecule has 4 nitrogen and oxygen atoms in total. The number of fused-ring (bicyclic) bond motifs is 3. The lowest BCUT2D eigenvalue weighted by atomic mass is 10.2. The van der Waals surface area contributed by atoms with Gasteiger partial charge in [0.15, 0.2) is 0 Å². The molecule has 6 heteroatoms. The van der Waals surface area contributed by atoms with Crippen molar-refractivity contribution in [1.82, 2.24) is 10.2 Å². The second-order valence-corrected chi connectivity index (χ2v) is 8.84. The van der Waals surface area contributed by atoms with Crippen LogP contribution in [0.4, 0.5) is 0 Å². The highest BCUT2D eigenvalue weighted by molar-refractivity contribution is 7.33. The molecule has 1 aliphatic heterocycles. The maximum Gasteiger partial charge on any atom is 0.261 e. The van der Waals surface area contributed by atoms with Crippen LogP contribution in [0.2, 0.25) is 0 Å². The molecule has 1 N–H and O–H groups in total. The molecule has 2 amide bonds. The monoisotopic (exact) mass is 386 g/mol. The molecular weight excluding hydrogens is 364 g/mol. The van der Waals surface area contributed by atoms with Crippen molar-refractivity contribution in [1.29, 1.82) is 0 Å². The third kappa shape index (κ3) is 3.62. The summed E-state index contributed by atoms with van der Waals surface area (Å²) in [7, 11) is 0. The van der Waals surface area contributed by atoms with E-state index in [2.05, 4.69) is 17.4 Å². The van der Waals surface area contributed by atoms with Crippen molar-refractivity contribution in [2.75, 3.05) is 19.6 Å². The van der Waals surface area contributed by atoms with Crippen molar-refractivity contribution < 1.29 is 9.59 Å². The predicted octanol–water partition coefficient (Wildman–Crippen LogP) is 4.64. The van der Waals surface area contributed by atoms with E-state index in [0.717, 1.165) is 35.5 Å². The fourth-order valence-corrected chi connectivity index (χ4v) is 5.90. The lowest BCUT2D eigenvalue weighted by Gasteiger charge is -2.20. The van der Waals surface area contributed by atoms with E-state index >= 15 is 0 Å². The lowest BCUT2D eigenvalue weighted by molar-refractivity contribution is -0.131. The van der Waals surface area contributed by atoms with Crippen molar-refractivity contribution in [2.45, 2.75) is 32.1 Å². The number of thiophene rings is 2. The molecule has 4 rings (SSSR count). The lowest BCUT2D eigenvalue weighted by Crippen LogP contribution is -2.35. The van der Waals surface area contributed by atoms with Gasteiger partial charge in [-0.1, -0.05) is 31.0 Å². The van der Waals surface area contributed by atoms with Gasteiger partial charge in [-0.3, -0.25) is 9.59 Å². The Hall–Kier alpha value is -1.92. The summed E-state index contributed by atoms with van der Waals surface area (Å²) in [5.41, 5.74) is 0. The Balaban J connectivity index is 1.36. The highest BCUT2D eigenvalue weighted by Gasteiger charge is 2.17. The molecule has 136 valence electrons. The zero-order chi connectivity index (χ0) is 17.9. The molecule has 0 atom stereocenters. The van der Waals surface area contributed by atoms with Crippen molar-refractivity contribution in [2.24, 2.45) is 0 Å². The summed E-state index contributed by atoms with van der Waals surface area (Å²) in [6.07, 6.45) is 5.00. The van der Waals surface area contributed by atoms with Crippen LogP contribution in [0.15, 0.2) is 30.3 Å². The molecule has 0 bridgehead atoms. The Kier molecular flexibility index (Phi) is 5.22. The second kappa shape index (κ2) is 7.76. The summed E-state index contributed by atoms with van der Waals surface area (Å²) < 4.78 is 3.59. The van der Waals surface area contributed by atoms with E-state index in [-0.39, 0.29) is 11.8 Å². The number of nitrogens with one attached hydrogen (secondary N) is 1. The van der Waals surface area contributed by atoms with Gasteiger partial charge >= 0.3 is 0 Å². The summed E-state index contributed by atoms with van der Waals surface area (Å²) in [6.45, 7) is 2.13. The van der Waals surface area contributed by atoms with Crippen molar-refractivity contribution >= 4 is 54.0 Å². The fraction of sp³-hybridized carbons (Fsp3) is 0.400. The standard InChI is InChI=1S/C20H22N2O2S2/c23-18(22-11-5-1-2-6-12-22)9-10-21-20(24)17-13-16-19(26-17)14-7-3-4-8-15(14)25-16/h3-4,7-8,13H,1-2,5-6,9-12H2,(H,21,24). The van der Waals surface area contributed by atoms with E-state index in [0.29, 0.717) is 13.0 Å². The van der Waals surface area contributed by atoms with Crippen LogP contribution < -0.4 is 5.32 Å². The van der Waals surface area contributed by atoms with Gasteiger partial charge in [0.2, 0.25) is 5.91 Å². The number of carbonyl (C=O) groups is 2. The molecule has 26 heavy (non-hydrogen) atoms. The van der Waals surface area contributed by atoms with E-state index in [1.54, 1.807) is 11.3 Å². The van der Waals surface area contributed by atoms with E-state index in [9.17, 15) is 9.59 Å². The Labute approximate surface area is 160 Å². The molecule has 1 aliphatic rings. The minimum atomic E-state index is -0.0776. The minimum absolute atomic E-state index is 0.0776. The highest BCUT2D eigenvalue weighted by Crippen LogP contribution is 2.39. The molecule has 1 aromatic carbocycles. The van der Waals surface area contributed by atoms with Gasteiger partial charge in [-0.05, 0) is 25.0 Å². The van der Waals surface area contributed by atoms with Crippen LogP contribution in [-0.2, 0) is 4.79 Å². The largest absolute Gasteiger partial charge is 0.351 e. The van der Waals surface area contributed by atoms with E-state index in [1.807, 2.05) is 23.1 Å². The number of hydrogen-bond acceptors (Lipinski definition) is 4. The van der Waals surface area contributed by atoms with Gasteiger partial charge in [-0.2, -0.15) is 0 Å². The van der Waals surface area contributed by atoms with Gasteiger partial charge in [-0.15, -0.1) is 22.7 Å². The smallest absolute Gasteiger partial charge is 0.261 e. The average Bonchev–Trinajstić information content (AvgIpc) is 3.08. The Morgan fingerprint density at radius 3 is 2.58 bits per heavy atom. The maximum atomic E-state index is 12.4. The number of benzene rings is 1. The normalized spacial score (nSPS) is 15.3. The molecular formula is C20H22N2O2S2. The molecule has 0 unspecified atom stereocenters. The van der Waals surface area contributed by atoms with E-state index < -0.39 is 0 Å². The molecule has 0 aliphatic carbocycles. The number of amides is 2. The third-order valence-corrected chi connectivity index (χ3v) is 7.27. The average molecular weight is 387 g/mol. The molecule has 1 fully saturated rings. The quantitative estimate of drug-likeness (QED) is 0.710. The van der Waals surface area contributed by atoms with Gasteiger partial charge in [0.05, 0.1) is 9.58 Å². The Bertz CT molecular complexity index is 936. The molecule has 3 aromatic rings. The molecule has 3 heterocycles. The summed E-state index contributed by atoms with van der Waals surface area (Å²) >= 11 is 3.25. The molecule has 1 saturated heterocycles. The number of nitrogens with zero attached hydrogens (tertiary/aromatic N) is 1. The first kappa shape index (κ1) is 17.5. The number of carbonyl (C=O) groups excluding carboxylic acids is 2. The van der Waals surface area contributed by atoms with Crippen LogP contribution in [-0.4, -0.2) is 36.3 Å². The number of rotatable bonds is 4. The molecule has 0 radical (unpaired) electrons. The molecule has 0 saturated carbocycles. The van der Waals surface area contributed by atoms with E-state index in [1.165, 1.54) is 39.0 Å². The number of hydrogen-bond donors (Lipinski definition) is 1. The van der Waals surface area contributed by atoms with Crippen molar-refractivity contribution in [3.05, 3.63) is 35.2 Å². The van der Waals surface area contributed by atoms with Crippen LogP contribution >= 0.6 is 22.7 Å². The first-order valence-electron chi connectivity index (χ1n) is 9.19. The van der Waals surface area contributed by atoms with Crippen molar-refractivity contribution in [3.63, 3.8) is 0 Å². The zero-order valence-corrected chi connectivity index (χ0v) is 16.3. The SMILES string of the molecule is O=C(NCCC(=O)N1CCCCCC1)c1cc2sc3ccccc3c2s1. The van der Waals surface area contributed by atoms with Crippen LogP contribution in [0.1, 0.15) is 41.8 Å². The predicted molar refractivity (Wildman–Crippen MR) is 109 cm³/mol. The molecule has 2 aromatic heterocycles. The molecule has 0 spiro atoms. The maximum absolute atomic E-state index is 12.4. The highest BCUT2D eigenvalue weighted by atomic mass is 32.1. The van der Waals surface area contributed by atoms with Crippen LogP contribution in [0.25, 0.3) is 19.5 Å².